The average Bonchev–Trinajstić information content (AvgIpc) is 2.88. The van der Waals surface area contributed by atoms with Crippen LogP contribution in [0.5, 0.6) is 0 Å². The number of nitrogens with one attached hydrogen (secondary N) is 2. The van der Waals surface area contributed by atoms with E-state index in [2.05, 4.69) is 15.8 Å². The Labute approximate surface area is 204 Å². The van der Waals surface area contributed by atoms with Crippen LogP contribution in [-0.2, 0) is 14.3 Å². The maximum absolute atomic E-state index is 12.2. The van der Waals surface area contributed by atoms with Crippen molar-refractivity contribution in [1.82, 2.24) is 0 Å². The Balaban J connectivity index is 1.66. The summed E-state index contributed by atoms with van der Waals surface area (Å²) in [5.74, 6) is -0.981. The summed E-state index contributed by atoms with van der Waals surface area (Å²) < 4.78 is 5.26. The van der Waals surface area contributed by atoms with Gasteiger partial charge in [-0.3, -0.25) is 35.2 Å². The quantitative estimate of drug-likeness (QED) is 0.173. The minimum absolute atomic E-state index is 0.0806. The molecule has 0 spiro atoms. The summed E-state index contributed by atoms with van der Waals surface area (Å²) in [7, 11) is 0. The van der Waals surface area contributed by atoms with Crippen LogP contribution in [0.1, 0.15) is 18.4 Å². The molecule has 0 saturated heterocycles. The molecule has 3 aromatic rings. The molecule has 0 atom stereocenters. The summed E-state index contributed by atoms with van der Waals surface area (Å²) in [4.78, 5) is 45.0. The zero-order valence-corrected chi connectivity index (χ0v) is 18.8. The minimum atomic E-state index is -0.770. The number of esters is 1. The fourth-order valence-corrected chi connectivity index (χ4v) is 3.00. The van der Waals surface area contributed by atoms with E-state index in [-0.39, 0.29) is 36.8 Å². The van der Waals surface area contributed by atoms with Gasteiger partial charge in [0.2, 0.25) is 5.91 Å². The minimum Gasteiger partial charge on any atom is -0.459 e. The largest absolute Gasteiger partial charge is 0.459 e. The molecule has 0 aliphatic rings. The van der Waals surface area contributed by atoms with Gasteiger partial charge in [-0.2, -0.15) is 5.10 Å². The van der Waals surface area contributed by atoms with Crippen molar-refractivity contribution in [1.29, 1.82) is 0 Å². The molecule has 3 rings (SSSR count). The second-order valence-electron chi connectivity index (χ2n) is 7.33. The molecule has 2 N–H and O–H groups in total. The van der Waals surface area contributed by atoms with E-state index in [4.69, 9.17) is 4.74 Å². The fraction of sp³-hybridized carbons (Fsp3) is 0.125. The zero-order chi connectivity index (χ0) is 25.9. The summed E-state index contributed by atoms with van der Waals surface area (Å²) in [6, 6.07) is 20.5. The first kappa shape index (κ1) is 25.5. The van der Waals surface area contributed by atoms with Crippen LogP contribution >= 0.6 is 0 Å². The normalized spacial score (nSPS) is 10.8. The summed E-state index contributed by atoms with van der Waals surface area (Å²) in [5, 5.41) is 29.1. The molecule has 0 heterocycles. The predicted molar refractivity (Wildman–Crippen MR) is 132 cm³/mol. The Kier molecular flexibility index (Phi) is 8.76. The number of hydrazone groups is 1. The highest BCUT2D eigenvalue weighted by molar-refractivity contribution is 6.02. The first-order chi connectivity index (χ1) is 17.3. The van der Waals surface area contributed by atoms with Crippen LogP contribution in [0, 0.1) is 20.2 Å². The van der Waals surface area contributed by atoms with Crippen LogP contribution < -0.4 is 10.7 Å². The van der Waals surface area contributed by atoms with Gasteiger partial charge in [0, 0.05) is 23.7 Å². The molecule has 12 heteroatoms. The number of nitrogens with zero attached hydrogens (tertiary/aromatic N) is 3. The van der Waals surface area contributed by atoms with Gasteiger partial charge in [-0.25, -0.2) is 0 Å². The number of nitro groups is 2. The number of nitro benzene ring substituents is 2. The maximum Gasteiger partial charge on any atom is 0.306 e. The number of benzene rings is 3. The van der Waals surface area contributed by atoms with Gasteiger partial charge in [0.25, 0.3) is 5.69 Å². The number of non-ortho nitro benzene ring substituents is 1. The fourth-order valence-electron chi connectivity index (χ4n) is 3.00. The van der Waals surface area contributed by atoms with Gasteiger partial charge in [0.15, 0.2) is 0 Å². The Morgan fingerprint density at radius 1 is 0.861 bits per heavy atom. The van der Waals surface area contributed by atoms with E-state index in [1.807, 2.05) is 6.07 Å². The van der Waals surface area contributed by atoms with Crippen molar-refractivity contribution < 1.29 is 24.2 Å². The molecular weight excluding hydrogens is 470 g/mol. The van der Waals surface area contributed by atoms with E-state index in [0.717, 1.165) is 12.1 Å². The third kappa shape index (κ3) is 7.45. The predicted octanol–water partition coefficient (Wildman–Crippen LogP) is 4.28. The van der Waals surface area contributed by atoms with E-state index in [1.165, 1.54) is 6.07 Å². The van der Waals surface area contributed by atoms with Crippen LogP contribution in [0.25, 0.3) is 0 Å². The number of rotatable bonds is 11. The third-order valence-electron chi connectivity index (χ3n) is 4.79. The summed E-state index contributed by atoms with van der Waals surface area (Å²) in [6.07, 6.45) is -0.249. The van der Waals surface area contributed by atoms with E-state index in [0.29, 0.717) is 11.3 Å². The van der Waals surface area contributed by atoms with Crippen molar-refractivity contribution in [3.63, 3.8) is 0 Å². The number of hydrogen-bond acceptors (Lipinski definition) is 9. The lowest BCUT2D eigenvalue weighted by atomic mass is 10.1. The number of ether oxygens (including phenoxy) is 1. The highest BCUT2D eigenvalue weighted by Crippen LogP contribution is 2.29. The van der Waals surface area contributed by atoms with Gasteiger partial charge < -0.3 is 10.1 Å². The first-order valence-electron chi connectivity index (χ1n) is 10.6. The molecule has 12 nitrogen and oxygen atoms in total. The number of anilines is 2. The number of carbonyl (C=O) groups is 2. The van der Waals surface area contributed by atoms with Gasteiger partial charge in [-0.1, -0.05) is 48.5 Å². The molecule has 0 unspecified atom stereocenters. The second-order valence-corrected chi connectivity index (χ2v) is 7.33. The Bertz CT molecular complexity index is 1280. The van der Waals surface area contributed by atoms with Crippen molar-refractivity contribution in [2.45, 2.75) is 12.8 Å². The number of hydrogen-bond donors (Lipinski definition) is 2. The van der Waals surface area contributed by atoms with Gasteiger partial charge in [-0.05, 0) is 18.2 Å². The Morgan fingerprint density at radius 2 is 1.53 bits per heavy atom. The van der Waals surface area contributed by atoms with Crippen molar-refractivity contribution >= 4 is 40.3 Å². The molecule has 0 bridgehead atoms. The van der Waals surface area contributed by atoms with Gasteiger partial charge in [-0.15, -0.1) is 0 Å². The topological polar surface area (TPSA) is 166 Å². The van der Waals surface area contributed by atoms with Gasteiger partial charge >= 0.3 is 11.7 Å². The van der Waals surface area contributed by atoms with Crippen LogP contribution in [0.4, 0.5) is 22.7 Å². The summed E-state index contributed by atoms with van der Waals surface area (Å²) in [5.41, 5.74) is 2.89. The number of carbonyl (C=O) groups excluding carboxylic acids is 2. The van der Waals surface area contributed by atoms with Crippen molar-refractivity contribution in [3.05, 3.63) is 105 Å². The van der Waals surface area contributed by atoms with E-state index in [1.54, 1.807) is 54.6 Å². The Hall–Kier alpha value is -5.13. The van der Waals surface area contributed by atoms with Crippen molar-refractivity contribution in [2.24, 2.45) is 5.10 Å². The van der Waals surface area contributed by atoms with Crippen molar-refractivity contribution in [2.75, 3.05) is 17.3 Å². The van der Waals surface area contributed by atoms with Crippen LogP contribution in [0.2, 0.25) is 0 Å². The number of amides is 1. The molecule has 0 aromatic heterocycles. The molecule has 3 aromatic carbocycles. The summed E-state index contributed by atoms with van der Waals surface area (Å²) >= 11 is 0. The monoisotopic (exact) mass is 491 g/mol. The summed E-state index contributed by atoms with van der Waals surface area (Å²) in [6.45, 7) is -0.281. The van der Waals surface area contributed by atoms with Crippen LogP contribution in [0.3, 0.4) is 0 Å². The first-order valence-corrected chi connectivity index (χ1v) is 10.6. The maximum atomic E-state index is 12.2. The zero-order valence-electron chi connectivity index (χ0n) is 18.8. The standard InChI is InChI=1S/C24H21N5O7/c30-23(25-18-9-5-2-6-10-18)13-14-24(31)36-16-21(17-7-3-1-4-8-17)27-26-20-12-11-19(28(32)33)15-22(20)29(34)35/h1-12,15,26H,13-14,16H2,(H,25,30)/b27-21-. The smallest absolute Gasteiger partial charge is 0.306 e. The lowest BCUT2D eigenvalue weighted by molar-refractivity contribution is -0.393. The number of para-hydroxylation sites is 1. The molecule has 0 fully saturated rings. The van der Waals surface area contributed by atoms with Crippen LogP contribution in [0.15, 0.2) is 84.0 Å². The average molecular weight is 491 g/mol. The molecule has 0 saturated carbocycles. The molecule has 1 amide bonds. The highest BCUT2D eigenvalue weighted by atomic mass is 16.6. The Morgan fingerprint density at radius 3 is 2.17 bits per heavy atom. The lowest BCUT2D eigenvalue weighted by Crippen LogP contribution is -2.18. The van der Waals surface area contributed by atoms with Gasteiger partial charge in [0.05, 0.1) is 22.3 Å². The molecule has 0 aliphatic heterocycles. The second kappa shape index (κ2) is 12.4. The third-order valence-corrected chi connectivity index (χ3v) is 4.79. The SMILES string of the molecule is O=C(CCC(=O)OC/C(=N/Nc1ccc([N+](=O)[O-])cc1[N+](=O)[O-])c1ccccc1)Nc1ccccc1. The molecular formula is C24H21N5O7. The molecule has 0 aliphatic carbocycles. The van der Waals surface area contributed by atoms with Crippen LogP contribution in [-0.4, -0.2) is 34.0 Å². The van der Waals surface area contributed by atoms with Gasteiger partial charge in [0.1, 0.15) is 18.0 Å². The van der Waals surface area contributed by atoms with E-state index < -0.39 is 27.2 Å². The molecule has 0 radical (unpaired) electrons. The lowest BCUT2D eigenvalue weighted by Gasteiger charge is -2.10. The van der Waals surface area contributed by atoms with E-state index >= 15 is 0 Å². The molecule has 184 valence electrons. The molecule has 36 heavy (non-hydrogen) atoms. The van der Waals surface area contributed by atoms with Crippen molar-refractivity contribution in [3.8, 4) is 0 Å². The van der Waals surface area contributed by atoms with E-state index in [9.17, 15) is 29.8 Å². The highest BCUT2D eigenvalue weighted by Gasteiger charge is 2.20.